The van der Waals surface area contributed by atoms with Gasteiger partial charge in [0, 0.05) is 12.6 Å². The van der Waals surface area contributed by atoms with Crippen LogP contribution < -0.4 is 0 Å². The smallest absolute Gasteiger partial charge is 0.177 e. The Balaban J connectivity index is 2.35. The summed E-state index contributed by atoms with van der Waals surface area (Å²) in [6, 6.07) is 2.01. The molecule has 2 aromatic rings. The van der Waals surface area contributed by atoms with E-state index in [0.717, 1.165) is 23.4 Å². The molecule has 0 aliphatic carbocycles. The minimum atomic E-state index is 0.672. The summed E-state index contributed by atoms with van der Waals surface area (Å²) in [7, 11) is 0. The van der Waals surface area contributed by atoms with Gasteiger partial charge in [0.2, 0.25) is 0 Å². The predicted octanol–water partition coefficient (Wildman–Crippen LogP) is 2.85. The number of rotatable bonds is 3. The molecule has 80 valence electrons. The number of nitrogens with one attached hydrogen (secondary N) is 1. The van der Waals surface area contributed by atoms with Crippen LogP contribution in [0.15, 0.2) is 12.3 Å². The van der Waals surface area contributed by atoms with Gasteiger partial charge in [-0.05, 0) is 24.5 Å². The lowest BCUT2D eigenvalue weighted by atomic mass is 10.1. The van der Waals surface area contributed by atoms with Crippen LogP contribution in [-0.4, -0.2) is 15.0 Å². The predicted molar refractivity (Wildman–Crippen MR) is 61.8 cm³/mol. The van der Waals surface area contributed by atoms with E-state index in [-0.39, 0.29) is 0 Å². The first kappa shape index (κ1) is 10.1. The highest BCUT2D eigenvalue weighted by Gasteiger charge is 2.08. The maximum Gasteiger partial charge on any atom is 0.177 e. The number of hydrogen-bond acceptors (Lipinski definition) is 2. The van der Waals surface area contributed by atoms with Gasteiger partial charge in [0.15, 0.2) is 5.65 Å². The molecular formula is C12H17N3. The zero-order valence-corrected chi connectivity index (χ0v) is 9.54. The normalized spacial score (nSPS) is 13.3. The summed E-state index contributed by atoms with van der Waals surface area (Å²) in [5.41, 5.74) is 3.13. The summed E-state index contributed by atoms with van der Waals surface area (Å²) >= 11 is 0. The van der Waals surface area contributed by atoms with E-state index in [1.807, 2.05) is 12.3 Å². The summed E-state index contributed by atoms with van der Waals surface area (Å²) in [6.07, 6.45) is 4.00. The summed E-state index contributed by atoms with van der Waals surface area (Å²) in [6.45, 7) is 6.53. The number of aryl methyl sites for hydroxylation is 1. The maximum atomic E-state index is 4.49. The quantitative estimate of drug-likeness (QED) is 0.833. The van der Waals surface area contributed by atoms with E-state index >= 15 is 0 Å². The molecule has 0 saturated heterocycles. The summed E-state index contributed by atoms with van der Waals surface area (Å²) in [5, 5.41) is 0. The van der Waals surface area contributed by atoms with Gasteiger partial charge in [0.25, 0.3) is 0 Å². The Morgan fingerprint density at radius 1 is 1.47 bits per heavy atom. The average Bonchev–Trinajstić information content (AvgIpc) is 2.62. The van der Waals surface area contributed by atoms with Gasteiger partial charge < -0.3 is 4.98 Å². The van der Waals surface area contributed by atoms with Gasteiger partial charge in [-0.2, -0.15) is 0 Å². The molecule has 15 heavy (non-hydrogen) atoms. The molecule has 2 aromatic heterocycles. The standard InChI is InChI=1S/C12H17N3/c1-4-8(2)7-10-14-11-9(3)5-6-13-12(11)15-10/h5-6,8H,4,7H2,1-3H3,(H,13,14,15). The van der Waals surface area contributed by atoms with Gasteiger partial charge in [-0.25, -0.2) is 9.97 Å². The van der Waals surface area contributed by atoms with Crippen molar-refractivity contribution in [3.8, 4) is 0 Å². The number of fused-ring (bicyclic) bond motifs is 1. The molecule has 0 aromatic carbocycles. The van der Waals surface area contributed by atoms with Crippen LogP contribution >= 0.6 is 0 Å². The number of nitrogens with zero attached hydrogens (tertiary/aromatic N) is 2. The van der Waals surface area contributed by atoms with Crippen LogP contribution in [0.2, 0.25) is 0 Å². The molecule has 0 spiro atoms. The van der Waals surface area contributed by atoms with Crippen LogP contribution in [-0.2, 0) is 6.42 Å². The monoisotopic (exact) mass is 203 g/mol. The van der Waals surface area contributed by atoms with Crippen LogP contribution in [0.25, 0.3) is 11.2 Å². The topological polar surface area (TPSA) is 41.6 Å². The van der Waals surface area contributed by atoms with Gasteiger partial charge >= 0.3 is 0 Å². The third-order valence-corrected chi connectivity index (χ3v) is 2.89. The third kappa shape index (κ3) is 2.01. The molecule has 1 unspecified atom stereocenters. The van der Waals surface area contributed by atoms with Crippen LogP contribution in [0.1, 0.15) is 31.7 Å². The molecule has 0 bridgehead atoms. The first-order valence-electron chi connectivity index (χ1n) is 5.51. The lowest BCUT2D eigenvalue weighted by molar-refractivity contribution is 0.547. The SMILES string of the molecule is CCC(C)Cc1nc2nccc(C)c2[nH]1. The van der Waals surface area contributed by atoms with E-state index in [2.05, 4.69) is 35.7 Å². The Hall–Kier alpha value is -1.38. The molecule has 2 rings (SSSR count). The number of H-pyrrole nitrogens is 1. The maximum absolute atomic E-state index is 4.49. The molecule has 1 N–H and O–H groups in total. The van der Waals surface area contributed by atoms with Crippen LogP contribution in [0.4, 0.5) is 0 Å². The molecule has 0 amide bonds. The average molecular weight is 203 g/mol. The van der Waals surface area contributed by atoms with Crippen molar-refractivity contribution < 1.29 is 0 Å². The largest absolute Gasteiger partial charge is 0.340 e. The number of pyridine rings is 1. The van der Waals surface area contributed by atoms with E-state index in [1.54, 1.807) is 0 Å². The minimum Gasteiger partial charge on any atom is -0.340 e. The zero-order valence-electron chi connectivity index (χ0n) is 9.54. The van der Waals surface area contributed by atoms with Crippen molar-refractivity contribution >= 4 is 11.2 Å². The fourth-order valence-electron chi connectivity index (χ4n) is 1.65. The minimum absolute atomic E-state index is 0.672. The number of aromatic nitrogens is 3. The fourth-order valence-corrected chi connectivity index (χ4v) is 1.65. The van der Waals surface area contributed by atoms with E-state index in [4.69, 9.17) is 0 Å². The number of imidazole rings is 1. The van der Waals surface area contributed by atoms with Crippen molar-refractivity contribution in [1.29, 1.82) is 0 Å². The Morgan fingerprint density at radius 3 is 2.93 bits per heavy atom. The Morgan fingerprint density at radius 2 is 2.27 bits per heavy atom. The second kappa shape index (κ2) is 4.01. The summed E-state index contributed by atoms with van der Waals surface area (Å²) < 4.78 is 0. The fraction of sp³-hybridized carbons (Fsp3) is 0.500. The number of hydrogen-bond donors (Lipinski definition) is 1. The molecule has 1 atom stereocenters. The van der Waals surface area contributed by atoms with Gasteiger partial charge in [-0.3, -0.25) is 0 Å². The van der Waals surface area contributed by atoms with E-state index in [9.17, 15) is 0 Å². The summed E-state index contributed by atoms with van der Waals surface area (Å²) in [5.74, 6) is 1.73. The van der Waals surface area contributed by atoms with Crippen molar-refractivity contribution in [2.45, 2.75) is 33.6 Å². The lowest BCUT2D eigenvalue weighted by Gasteiger charge is -2.03. The molecule has 3 nitrogen and oxygen atoms in total. The molecular weight excluding hydrogens is 186 g/mol. The Labute approximate surface area is 90.0 Å². The van der Waals surface area contributed by atoms with Crippen molar-refractivity contribution in [2.75, 3.05) is 0 Å². The van der Waals surface area contributed by atoms with E-state index in [0.29, 0.717) is 5.92 Å². The highest BCUT2D eigenvalue weighted by atomic mass is 15.0. The second-order valence-corrected chi connectivity index (χ2v) is 4.23. The molecule has 0 fully saturated rings. The Bertz CT molecular complexity index is 459. The van der Waals surface area contributed by atoms with Crippen LogP contribution in [0, 0.1) is 12.8 Å². The van der Waals surface area contributed by atoms with Crippen molar-refractivity contribution in [3.05, 3.63) is 23.7 Å². The van der Waals surface area contributed by atoms with Gasteiger partial charge in [0.1, 0.15) is 5.82 Å². The first-order chi connectivity index (χ1) is 7.20. The number of aromatic amines is 1. The third-order valence-electron chi connectivity index (χ3n) is 2.89. The molecule has 3 heteroatoms. The first-order valence-corrected chi connectivity index (χ1v) is 5.51. The van der Waals surface area contributed by atoms with Crippen LogP contribution in [0.5, 0.6) is 0 Å². The molecule has 0 aliphatic heterocycles. The molecule has 2 heterocycles. The highest BCUT2D eigenvalue weighted by Crippen LogP contribution is 2.15. The van der Waals surface area contributed by atoms with Crippen LogP contribution in [0.3, 0.4) is 0 Å². The molecule has 0 radical (unpaired) electrons. The van der Waals surface area contributed by atoms with Gasteiger partial charge in [0.05, 0.1) is 5.52 Å². The van der Waals surface area contributed by atoms with Crippen molar-refractivity contribution in [1.82, 2.24) is 15.0 Å². The van der Waals surface area contributed by atoms with Gasteiger partial charge in [-0.1, -0.05) is 20.3 Å². The van der Waals surface area contributed by atoms with Gasteiger partial charge in [-0.15, -0.1) is 0 Å². The van der Waals surface area contributed by atoms with Crippen molar-refractivity contribution in [2.24, 2.45) is 5.92 Å². The molecule has 0 saturated carbocycles. The molecule has 0 aliphatic rings. The van der Waals surface area contributed by atoms with E-state index in [1.165, 1.54) is 12.0 Å². The lowest BCUT2D eigenvalue weighted by Crippen LogP contribution is -1.99. The zero-order chi connectivity index (χ0) is 10.8. The Kier molecular flexibility index (Phi) is 2.71. The van der Waals surface area contributed by atoms with E-state index < -0.39 is 0 Å². The second-order valence-electron chi connectivity index (χ2n) is 4.23. The highest BCUT2D eigenvalue weighted by molar-refractivity contribution is 5.74. The van der Waals surface area contributed by atoms with Crippen molar-refractivity contribution in [3.63, 3.8) is 0 Å². The summed E-state index contributed by atoms with van der Waals surface area (Å²) in [4.78, 5) is 12.1.